The minimum Gasteiger partial charge on any atom is -0.489 e. The second-order valence-corrected chi connectivity index (χ2v) is 10.8. The summed E-state index contributed by atoms with van der Waals surface area (Å²) in [5.74, 6) is 2.54. The molecule has 0 aliphatic carbocycles. The summed E-state index contributed by atoms with van der Waals surface area (Å²) < 4.78 is 11.2. The molecule has 0 saturated heterocycles. The van der Waals surface area contributed by atoms with Crippen molar-refractivity contribution in [3.8, 4) is 5.75 Å². The maximum absolute atomic E-state index is 12.9. The fourth-order valence-corrected chi connectivity index (χ4v) is 4.53. The van der Waals surface area contributed by atoms with Gasteiger partial charge in [-0.1, -0.05) is 69.2 Å². The quantitative estimate of drug-likeness (QED) is 0.356. The Morgan fingerprint density at radius 1 is 0.971 bits per heavy atom. The maximum Gasteiger partial charge on any atom is 0.408 e. The Balaban J connectivity index is 1.88. The van der Waals surface area contributed by atoms with E-state index in [4.69, 9.17) is 9.47 Å². The second kappa shape index (κ2) is 14.7. The number of hydrogen-bond donors (Lipinski definition) is 2. The van der Waals surface area contributed by atoms with Gasteiger partial charge in [0.15, 0.2) is 0 Å². The van der Waals surface area contributed by atoms with Gasteiger partial charge in [0, 0.05) is 12.3 Å². The maximum atomic E-state index is 12.9. The summed E-state index contributed by atoms with van der Waals surface area (Å²) in [5, 5.41) is 5.69. The lowest BCUT2D eigenvalue weighted by molar-refractivity contribution is -0.122. The zero-order valence-electron chi connectivity index (χ0n) is 21.6. The molecule has 0 bridgehead atoms. The molecule has 6 nitrogen and oxygen atoms in total. The van der Waals surface area contributed by atoms with Gasteiger partial charge in [0.2, 0.25) is 5.91 Å². The van der Waals surface area contributed by atoms with E-state index in [1.807, 2.05) is 54.6 Å². The van der Waals surface area contributed by atoms with Gasteiger partial charge in [-0.3, -0.25) is 4.79 Å². The fraction of sp³-hybridized carbons (Fsp3) is 0.500. The first kappa shape index (κ1) is 28.6. The number of amides is 2. The highest BCUT2D eigenvalue weighted by Crippen LogP contribution is 2.16. The highest BCUT2D eigenvalue weighted by molar-refractivity contribution is 7.99. The second-order valence-electron chi connectivity index (χ2n) is 9.77. The normalized spacial score (nSPS) is 12.9. The third kappa shape index (κ3) is 12.0. The molecular weight excluding hydrogens is 460 g/mol. The smallest absolute Gasteiger partial charge is 0.408 e. The third-order valence-electron chi connectivity index (χ3n) is 5.11. The van der Waals surface area contributed by atoms with E-state index < -0.39 is 17.7 Å². The van der Waals surface area contributed by atoms with E-state index in [1.165, 1.54) is 0 Å². The molecule has 0 heterocycles. The number of alkyl carbamates (subject to hydrolysis) is 1. The molecule has 2 aromatic rings. The predicted octanol–water partition coefficient (Wildman–Crippen LogP) is 5.94. The SMILES string of the molecule is CCCC(C)CSC[C@H](NC(=O)OC(C)(C)C)C(=O)NCc1ccc(OCc2ccccc2)cc1. The van der Waals surface area contributed by atoms with Crippen LogP contribution in [0.25, 0.3) is 0 Å². The molecule has 1 unspecified atom stereocenters. The van der Waals surface area contributed by atoms with E-state index in [0.717, 1.165) is 35.5 Å². The van der Waals surface area contributed by atoms with E-state index in [9.17, 15) is 9.59 Å². The lowest BCUT2D eigenvalue weighted by Crippen LogP contribution is -2.49. The van der Waals surface area contributed by atoms with Crippen molar-refractivity contribution in [2.75, 3.05) is 11.5 Å². The summed E-state index contributed by atoms with van der Waals surface area (Å²) in [7, 11) is 0. The predicted molar refractivity (Wildman–Crippen MR) is 144 cm³/mol. The van der Waals surface area contributed by atoms with Gasteiger partial charge < -0.3 is 20.1 Å². The Kier molecular flexibility index (Phi) is 12.0. The lowest BCUT2D eigenvalue weighted by Gasteiger charge is -2.23. The van der Waals surface area contributed by atoms with Gasteiger partial charge in [0.25, 0.3) is 0 Å². The Labute approximate surface area is 214 Å². The first-order valence-corrected chi connectivity index (χ1v) is 13.4. The summed E-state index contributed by atoms with van der Waals surface area (Å²) in [6, 6.07) is 17.0. The average molecular weight is 501 g/mol. The van der Waals surface area contributed by atoms with Crippen LogP contribution in [0.3, 0.4) is 0 Å². The van der Waals surface area contributed by atoms with E-state index >= 15 is 0 Å². The molecule has 2 N–H and O–H groups in total. The lowest BCUT2D eigenvalue weighted by atomic mass is 10.1. The van der Waals surface area contributed by atoms with E-state index in [2.05, 4.69) is 24.5 Å². The molecule has 192 valence electrons. The molecule has 35 heavy (non-hydrogen) atoms. The van der Waals surface area contributed by atoms with Gasteiger partial charge in [0.05, 0.1) is 0 Å². The first-order valence-electron chi connectivity index (χ1n) is 12.3. The van der Waals surface area contributed by atoms with E-state index in [1.54, 1.807) is 32.5 Å². The fourth-order valence-electron chi connectivity index (χ4n) is 3.35. The molecule has 7 heteroatoms. The van der Waals surface area contributed by atoms with Gasteiger partial charge in [-0.05, 0) is 55.7 Å². The molecule has 0 aromatic heterocycles. The molecule has 2 atom stereocenters. The summed E-state index contributed by atoms with van der Waals surface area (Å²) in [4.78, 5) is 25.2. The molecule has 0 saturated carbocycles. The van der Waals surface area contributed by atoms with Crippen LogP contribution in [0.5, 0.6) is 5.75 Å². The van der Waals surface area contributed by atoms with Crippen LogP contribution in [0.4, 0.5) is 4.79 Å². The van der Waals surface area contributed by atoms with Crippen LogP contribution in [0, 0.1) is 5.92 Å². The molecule has 0 spiro atoms. The molecule has 2 aromatic carbocycles. The van der Waals surface area contributed by atoms with Gasteiger partial charge in [-0.15, -0.1) is 0 Å². The molecule has 0 radical (unpaired) electrons. The number of rotatable bonds is 13. The van der Waals surface area contributed by atoms with Crippen LogP contribution < -0.4 is 15.4 Å². The summed E-state index contributed by atoms with van der Waals surface area (Å²) in [6.07, 6.45) is 1.70. The van der Waals surface area contributed by atoms with Crippen molar-refractivity contribution >= 4 is 23.8 Å². The number of carbonyl (C=O) groups is 2. The first-order chi connectivity index (χ1) is 16.7. The molecule has 0 aliphatic rings. The van der Waals surface area contributed by atoms with Gasteiger partial charge in [-0.2, -0.15) is 11.8 Å². The highest BCUT2D eigenvalue weighted by Gasteiger charge is 2.24. The summed E-state index contributed by atoms with van der Waals surface area (Å²) in [6.45, 7) is 10.6. The Bertz CT molecular complexity index is 897. The molecule has 2 rings (SSSR count). The molecular formula is C28H40N2O4S. The Hall–Kier alpha value is -2.67. The van der Waals surface area contributed by atoms with Crippen molar-refractivity contribution in [2.45, 2.75) is 72.3 Å². The monoisotopic (exact) mass is 500 g/mol. The van der Waals surface area contributed by atoms with Gasteiger partial charge in [0.1, 0.15) is 24.0 Å². The minimum absolute atomic E-state index is 0.226. The topological polar surface area (TPSA) is 76.7 Å². The van der Waals surface area contributed by atoms with Gasteiger partial charge >= 0.3 is 6.09 Å². The van der Waals surface area contributed by atoms with Crippen LogP contribution in [0.2, 0.25) is 0 Å². The van der Waals surface area contributed by atoms with Crippen LogP contribution in [0.1, 0.15) is 58.6 Å². The number of benzene rings is 2. The van der Waals surface area contributed by atoms with Crippen molar-refractivity contribution in [3.63, 3.8) is 0 Å². The van der Waals surface area contributed by atoms with Crippen LogP contribution in [-0.4, -0.2) is 35.1 Å². The largest absolute Gasteiger partial charge is 0.489 e. The zero-order valence-corrected chi connectivity index (χ0v) is 22.5. The van der Waals surface area contributed by atoms with E-state index in [0.29, 0.717) is 24.8 Å². The van der Waals surface area contributed by atoms with Crippen molar-refractivity contribution in [2.24, 2.45) is 5.92 Å². The number of thioether (sulfide) groups is 1. The summed E-state index contributed by atoms with van der Waals surface area (Å²) >= 11 is 1.68. The zero-order chi connectivity index (χ0) is 25.7. The van der Waals surface area contributed by atoms with Crippen LogP contribution in [0.15, 0.2) is 54.6 Å². The number of ether oxygens (including phenoxy) is 2. The number of hydrogen-bond acceptors (Lipinski definition) is 5. The minimum atomic E-state index is -0.669. The van der Waals surface area contributed by atoms with Crippen molar-refractivity contribution in [3.05, 3.63) is 65.7 Å². The Morgan fingerprint density at radius 2 is 1.66 bits per heavy atom. The molecule has 0 aliphatic heterocycles. The number of nitrogens with one attached hydrogen (secondary N) is 2. The van der Waals surface area contributed by atoms with Crippen LogP contribution in [-0.2, 0) is 22.7 Å². The van der Waals surface area contributed by atoms with Crippen molar-refractivity contribution < 1.29 is 19.1 Å². The van der Waals surface area contributed by atoms with Crippen molar-refractivity contribution in [1.29, 1.82) is 0 Å². The standard InChI is InChI=1S/C28H40N2O4S/c1-6-10-21(2)19-35-20-25(30-27(32)34-28(3,4)5)26(31)29-17-22-13-15-24(16-14-22)33-18-23-11-8-7-9-12-23/h7-9,11-16,21,25H,6,10,17-20H2,1-5H3,(H,29,31)(H,30,32)/t21?,25-/m0/s1. The Morgan fingerprint density at radius 3 is 2.29 bits per heavy atom. The van der Waals surface area contributed by atoms with Gasteiger partial charge in [-0.25, -0.2) is 4.79 Å². The van der Waals surface area contributed by atoms with Crippen LogP contribution >= 0.6 is 11.8 Å². The van der Waals surface area contributed by atoms with Crippen molar-refractivity contribution in [1.82, 2.24) is 10.6 Å². The van der Waals surface area contributed by atoms with E-state index in [-0.39, 0.29) is 5.91 Å². The number of carbonyl (C=O) groups excluding carboxylic acids is 2. The molecule has 0 fully saturated rings. The third-order valence-corrected chi connectivity index (χ3v) is 6.49. The average Bonchev–Trinajstić information content (AvgIpc) is 2.81. The molecule has 2 amide bonds. The summed E-state index contributed by atoms with van der Waals surface area (Å²) in [5.41, 5.74) is 1.43. The highest BCUT2D eigenvalue weighted by atomic mass is 32.2.